The predicted molar refractivity (Wildman–Crippen MR) is 152 cm³/mol. The van der Waals surface area contributed by atoms with Gasteiger partial charge in [-0.05, 0) is 86.4 Å². The molecule has 0 saturated heterocycles. The first kappa shape index (κ1) is 26.4. The van der Waals surface area contributed by atoms with E-state index in [2.05, 4.69) is 15.2 Å². The molecule has 0 spiro atoms. The van der Waals surface area contributed by atoms with Crippen molar-refractivity contribution in [3.63, 3.8) is 0 Å². The van der Waals surface area contributed by atoms with Gasteiger partial charge in [-0.25, -0.2) is 22.5 Å². The number of aryl methyl sites for hydroxylation is 1. The maximum absolute atomic E-state index is 14.5. The molecule has 212 valence electrons. The third-order valence-corrected chi connectivity index (χ3v) is 11.6. The lowest BCUT2D eigenvalue weighted by molar-refractivity contribution is 0.0752. The Morgan fingerprint density at radius 3 is 2.63 bits per heavy atom. The van der Waals surface area contributed by atoms with E-state index in [9.17, 15) is 17.6 Å². The number of carbonyl (C=O) groups is 1. The van der Waals surface area contributed by atoms with Crippen LogP contribution >= 0.6 is 11.3 Å². The minimum absolute atomic E-state index is 0.00952. The molecule has 7 rings (SSSR count). The Morgan fingerprint density at radius 1 is 1.15 bits per heavy atom. The number of Topliss-reactive ketones (excluding diaryl/α,β-unsaturated/α-hetero) is 1. The molecular formula is C29H29FN6O3S2. The summed E-state index contributed by atoms with van der Waals surface area (Å²) in [5.41, 5.74) is 2.50. The monoisotopic (exact) mass is 592 g/mol. The number of fused-ring (bicyclic) bond motifs is 2. The summed E-state index contributed by atoms with van der Waals surface area (Å²) >= 11 is 1.47. The van der Waals surface area contributed by atoms with Gasteiger partial charge in [-0.2, -0.15) is 14.5 Å². The molecule has 3 aromatic heterocycles. The minimum Gasteiger partial charge on any atom is -0.290 e. The lowest BCUT2D eigenvalue weighted by Gasteiger charge is -2.45. The third-order valence-electron chi connectivity index (χ3n) is 8.69. The standard InChI is InChI=1S/C29H29FN6O3S2/c1-34-12-11-26(33-34)41(38,39)35(2)23-8-5-20-13-24-19(16-32-36(24)22-9-6-21(30)7-10-22)14-29(20,15-23)27(37)28-31-17-25(40-28)18-3-4-18/h6-7,9-13,16-18,23H,3-5,8,14-15H2,1-2H3/t23-,29-/m0/s1. The molecular weight excluding hydrogens is 563 g/mol. The van der Waals surface area contributed by atoms with E-state index in [1.165, 1.54) is 38.5 Å². The summed E-state index contributed by atoms with van der Waals surface area (Å²) in [4.78, 5) is 20.2. The molecule has 12 heteroatoms. The Morgan fingerprint density at radius 2 is 1.93 bits per heavy atom. The van der Waals surface area contributed by atoms with Crippen LogP contribution in [0.2, 0.25) is 0 Å². The van der Waals surface area contributed by atoms with Crippen molar-refractivity contribution in [1.82, 2.24) is 28.9 Å². The highest BCUT2D eigenvalue weighted by Crippen LogP contribution is 2.52. The van der Waals surface area contributed by atoms with Crippen LogP contribution in [-0.4, -0.2) is 56.1 Å². The maximum atomic E-state index is 14.5. The van der Waals surface area contributed by atoms with E-state index < -0.39 is 21.5 Å². The van der Waals surface area contributed by atoms with E-state index in [1.54, 1.807) is 43.3 Å². The zero-order chi connectivity index (χ0) is 28.5. The summed E-state index contributed by atoms with van der Waals surface area (Å²) in [7, 11) is -0.596. The van der Waals surface area contributed by atoms with Gasteiger partial charge in [0.1, 0.15) is 5.82 Å². The van der Waals surface area contributed by atoms with E-state index in [0.717, 1.165) is 40.2 Å². The molecule has 0 unspecified atom stereocenters. The van der Waals surface area contributed by atoms with Crippen LogP contribution in [0, 0.1) is 11.2 Å². The number of benzene rings is 1. The quantitative estimate of drug-likeness (QED) is 0.287. The highest BCUT2D eigenvalue weighted by molar-refractivity contribution is 7.89. The van der Waals surface area contributed by atoms with Gasteiger partial charge in [0.2, 0.25) is 5.78 Å². The van der Waals surface area contributed by atoms with Crippen molar-refractivity contribution < 1.29 is 17.6 Å². The topological polar surface area (TPSA) is 103 Å². The van der Waals surface area contributed by atoms with Crippen LogP contribution in [0.15, 0.2) is 59.5 Å². The van der Waals surface area contributed by atoms with Gasteiger partial charge in [0, 0.05) is 37.4 Å². The summed E-state index contributed by atoms with van der Waals surface area (Å²) in [6.07, 6.45) is 11.3. The van der Waals surface area contributed by atoms with Gasteiger partial charge in [0.25, 0.3) is 10.0 Å². The first-order chi connectivity index (χ1) is 19.7. The fourth-order valence-electron chi connectivity index (χ4n) is 6.21. The van der Waals surface area contributed by atoms with Crippen LogP contribution in [0.1, 0.15) is 64.0 Å². The molecule has 0 N–H and O–H groups in total. The van der Waals surface area contributed by atoms with Crippen molar-refractivity contribution in [2.45, 2.75) is 55.5 Å². The normalized spacial score (nSPS) is 22.3. The van der Waals surface area contributed by atoms with Crippen molar-refractivity contribution in [3.05, 3.63) is 81.5 Å². The molecule has 0 aliphatic heterocycles. The number of allylic oxidation sites excluding steroid dienone is 1. The zero-order valence-corrected chi connectivity index (χ0v) is 24.3. The van der Waals surface area contributed by atoms with Gasteiger partial charge in [-0.15, -0.1) is 11.3 Å². The van der Waals surface area contributed by atoms with Crippen molar-refractivity contribution in [3.8, 4) is 5.69 Å². The summed E-state index contributed by atoms with van der Waals surface area (Å²) < 4.78 is 45.3. The minimum atomic E-state index is -3.86. The van der Waals surface area contributed by atoms with Gasteiger partial charge in [0.05, 0.1) is 23.0 Å². The SMILES string of the molecule is CN([C@H]1CCC2=Cc3c(cnn3-c3ccc(F)cc3)C[C@]2(C(=O)c2ncc(C3CC3)s2)C1)S(=O)(=O)c1ccn(C)n1. The second-order valence-corrected chi connectivity index (χ2v) is 14.3. The molecule has 4 aromatic rings. The molecule has 0 bridgehead atoms. The van der Waals surface area contributed by atoms with Crippen molar-refractivity contribution in [2.75, 3.05) is 7.05 Å². The maximum Gasteiger partial charge on any atom is 0.262 e. The van der Waals surface area contributed by atoms with Crippen LogP contribution in [0.4, 0.5) is 4.39 Å². The molecule has 1 aromatic carbocycles. The Balaban J connectivity index is 1.29. The molecule has 2 saturated carbocycles. The van der Waals surface area contributed by atoms with Crippen LogP contribution in [0.3, 0.4) is 0 Å². The lowest BCUT2D eigenvalue weighted by atomic mass is 9.61. The molecule has 9 nitrogen and oxygen atoms in total. The molecule has 3 heterocycles. The van der Waals surface area contributed by atoms with Crippen LogP contribution in [0.25, 0.3) is 11.8 Å². The Hall–Kier alpha value is -3.48. The largest absolute Gasteiger partial charge is 0.290 e. The molecule has 3 aliphatic rings. The highest BCUT2D eigenvalue weighted by Gasteiger charge is 2.52. The number of aromatic nitrogens is 5. The number of hydrogen-bond acceptors (Lipinski definition) is 7. The third kappa shape index (κ3) is 4.39. The number of nitrogens with zero attached hydrogens (tertiary/aromatic N) is 6. The first-order valence-corrected chi connectivity index (χ1v) is 15.9. The van der Waals surface area contributed by atoms with Gasteiger partial charge in [-0.1, -0.05) is 5.57 Å². The molecule has 41 heavy (non-hydrogen) atoms. The van der Waals surface area contributed by atoms with E-state index >= 15 is 0 Å². The van der Waals surface area contributed by atoms with Crippen molar-refractivity contribution in [2.24, 2.45) is 12.5 Å². The Kier molecular flexibility index (Phi) is 6.14. The molecule has 0 radical (unpaired) electrons. The molecule has 0 amide bonds. The van der Waals surface area contributed by atoms with Crippen molar-refractivity contribution >= 4 is 33.2 Å². The molecule has 2 atom stereocenters. The number of rotatable bonds is 7. The Labute approximate surface area is 241 Å². The second-order valence-electron chi connectivity index (χ2n) is 11.3. The second kappa shape index (κ2) is 9.53. The number of ketones is 1. The number of hydrogen-bond donors (Lipinski definition) is 0. The van der Waals surface area contributed by atoms with Gasteiger partial charge in [0.15, 0.2) is 10.0 Å². The van der Waals surface area contributed by atoms with Gasteiger partial charge >= 0.3 is 0 Å². The number of halogens is 1. The van der Waals surface area contributed by atoms with Crippen LogP contribution < -0.4 is 0 Å². The average molecular weight is 593 g/mol. The summed E-state index contributed by atoms with van der Waals surface area (Å²) in [6.45, 7) is 0. The fourth-order valence-corrected chi connectivity index (χ4v) is 8.67. The van der Waals surface area contributed by atoms with Gasteiger partial charge < -0.3 is 0 Å². The van der Waals surface area contributed by atoms with E-state index in [-0.39, 0.29) is 16.6 Å². The summed E-state index contributed by atoms with van der Waals surface area (Å²) in [6, 6.07) is 7.24. The van der Waals surface area contributed by atoms with Crippen molar-refractivity contribution in [1.29, 1.82) is 0 Å². The highest BCUT2D eigenvalue weighted by atomic mass is 32.2. The van der Waals surface area contributed by atoms with Crippen LogP contribution in [-0.2, 0) is 23.5 Å². The molecule has 2 fully saturated rings. The molecule has 3 aliphatic carbocycles. The van der Waals surface area contributed by atoms with Crippen LogP contribution in [0.5, 0.6) is 0 Å². The first-order valence-electron chi connectivity index (χ1n) is 13.7. The van der Waals surface area contributed by atoms with Gasteiger partial charge in [-0.3, -0.25) is 9.48 Å². The number of thiazole rings is 1. The van der Waals surface area contributed by atoms with E-state index in [1.807, 2.05) is 12.3 Å². The summed E-state index contributed by atoms with van der Waals surface area (Å²) in [5.74, 6) is 0.103. The lowest BCUT2D eigenvalue weighted by Crippen LogP contribution is -2.49. The fraction of sp³-hybridized carbons (Fsp3) is 0.379. The number of carbonyl (C=O) groups excluding carboxylic acids is 1. The average Bonchev–Trinajstić information content (AvgIpc) is 3.32. The smallest absolute Gasteiger partial charge is 0.262 e. The van der Waals surface area contributed by atoms with E-state index in [4.69, 9.17) is 0 Å². The summed E-state index contributed by atoms with van der Waals surface area (Å²) in [5, 5.41) is 9.20. The Bertz CT molecular complexity index is 1800. The van der Waals surface area contributed by atoms with E-state index in [0.29, 0.717) is 36.6 Å². The predicted octanol–water partition coefficient (Wildman–Crippen LogP) is 4.76. The number of sulfonamides is 1. The zero-order valence-electron chi connectivity index (χ0n) is 22.7.